The summed E-state index contributed by atoms with van der Waals surface area (Å²) in [7, 11) is 0. The second kappa shape index (κ2) is 15.0. The number of H-pyrrole nitrogens is 1. The molecule has 3 amide bonds. The van der Waals surface area contributed by atoms with Gasteiger partial charge in [-0.15, -0.1) is 18.3 Å². The molecule has 1 fully saturated rings. The number of hydrogen-bond acceptors (Lipinski definition) is 6. The van der Waals surface area contributed by atoms with E-state index in [4.69, 9.17) is 0 Å². The van der Waals surface area contributed by atoms with Gasteiger partial charge in [0.05, 0.1) is 6.54 Å². The van der Waals surface area contributed by atoms with Crippen molar-refractivity contribution in [3.05, 3.63) is 119 Å². The zero-order valence-electron chi connectivity index (χ0n) is 26.4. The van der Waals surface area contributed by atoms with E-state index in [1.54, 1.807) is 53.4 Å². The fraction of sp³-hybridized carbons (Fsp3) is 0.250. The van der Waals surface area contributed by atoms with Crippen LogP contribution < -0.4 is 20.3 Å². The molecule has 1 aromatic heterocycles. The fourth-order valence-corrected chi connectivity index (χ4v) is 6.06. The Balaban J connectivity index is 1.21. The molecule has 1 heterocycles. The van der Waals surface area contributed by atoms with Crippen LogP contribution in [0.4, 0.5) is 29.6 Å². The minimum absolute atomic E-state index is 0.0533. The van der Waals surface area contributed by atoms with Crippen LogP contribution in [0.25, 0.3) is 11.1 Å². The zero-order valence-corrected chi connectivity index (χ0v) is 26.4. The van der Waals surface area contributed by atoms with Crippen LogP contribution in [0, 0.1) is 0 Å². The van der Waals surface area contributed by atoms with Crippen molar-refractivity contribution in [2.75, 3.05) is 10.2 Å². The summed E-state index contributed by atoms with van der Waals surface area (Å²) in [5.74, 6) is -0.176. The number of nitrogens with one attached hydrogen (secondary N) is 3. The van der Waals surface area contributed by atoms with Crippen molar-refractivity contribution in [2.24, 2.45) is 0 Å². The normalized spacial score (nSPS) is 13.4. The van der Waals surface area contributed by atoms with Gasteiger partial charge >= 0.3 is 12.4 Å². The fourth-order valence-electron chi connectivity index (χ4n) is 6.06. The van der Waals surface area contributed by atoms with E-state index in [0.717, 1.165) is 18.4 Å². The Labute approximate surface area is 280 Å². The maximum atomic E-state index is 13.9. The Morgan fingerprint density at radius 1 is 0.898 bits per heavy atom. The van der Waals surface area contributed by atoms with Gasteiger partial charge in [-0.05, 0) is 88.2 Å². The number of alkyl halides is 3. The first-order valence-corrected chi connectivity index (χ1v) is 15.9. The summed E-state index contributed by atoms with van der Waals surface area (Å²) in [6, 6.07) is 27.5. The molecule has 0 atom stereocenters. The molecule has 0 unspecified atom stereocenters. The summed E-state index contributed by atoms with van der Waals surface area (Å²) in [5.41, 5.74) is 5.00. The monoisotopic (exact) mass is 669 g/mol. The largest absolute Gasteiger partial charge is 0.573 e. The minimum atomic E-state index is -4.81. The summed E-state index contributed by atoms with van der Waals surface area (Å²) < 4.78 is 42.8. The number of ether oxygens (including phenoxy) is 1. The number of amides is 3. The van der Waals surface area contributed by atoms with Crippen molar-refractivity contribution in [3.8, 4) is 16.9 Å². The number of urea groups is 1. The van der Waals surface area contributed by atoms with Crippen LogP contribution in [0.5, 0.6) is 5.75 Å². The van der Waals surface area contributed by atoms with Gasteiger partial charge in [-0.3, -0.25) is 15.0 Å². The highest BCUT2D eigenvalue weighted by Gasteiger charge is 2.31. The van der Waals surface area contributed by atoms with Crippen molar-refractivity contribution in [1.82, 2.24) is 25.9 Å². The number of anilines is 2. The van der Waals surface area contributed by atoms with Gasteiger partial charge in [-0.1, -0.05) is 85.0 Å². The van der Waals surface area contributed by atoms with Gasteiger partial charge in [0, 0.05) is 17.8 Å². The molecular weight excluding hydrogens is 635 g/mol. The Hall–Kier alpha value is -5.72. The van der Waals surface area contributed by atoms with Gasteiger partial charge in [-0.2, -0.15) is 5.21 Å². The molecule has 0 radical (unpaired) electrons. The highest BCUT2D eigenvalue weighted by atomic mass is 19.4. The highest BCUT2D eigenvalue weighted by Crippen LogP contribution is 2.34. The van der Waals surface area contributed by atoms with Gasteiger partial charge in [0.2, 0.25) is 0 Å². The maximum absolute atomic E-state index is 13.9. The topological polar surface area (TPSA) is 125 Å². The number of aromatic nitrogens is 4. The van der Waals surface area contributed by atoms with E-state index in [2.05, 4.69) is 48.1 Å². The van der Waals surface area contributed by atoms with Gasteiger partial charge in [0.15, 0.2) is 0 Å². The molecule has 49 heavy (non-hydrogen) atoms. The average Bonchev–Trinajstić information content (AvgIpc) is 3.63. The molecular formula is C36H34F3N7O3. The molecule has 3 N–H and O–H groups in total. The molecule has 1 saturated carbocycles. The van der Waals surface area contributed by atoms with E-state index in [9.17, 15) is 22.8 Å². The van der Waals surface area contributed by atoms with E-state index in [0.29, 0.717) is 33.9 Å². The standard InChI is InChI=1S/C36H34F3N7O3/c37-36(38,39)49-31-11-6-10-28(21-31)32-12-5-4-9-29(32)22-40-35(48)46(30-19-17-26(18-20-30)25-7-2-1-3-8-25)23-24-13-15-27(16-14-24)33(47)41-34-42-44-45-43-34/h4-6,9-21,25H,1-3,7-8,22-23H2,(H,40,48)(H2,41,42,43,44,45,47). The molecule has 252 valence electrons. The summed E-state index contributed by atoms with van der Waals surface area (Å²) >= 11 is 0. The first-order valence-electron chi connectivity index (χ1n) is 15.9. The van der Waals surface area contributed by atoms with Crippen LogP contribution in [0.1, 0.15) is 65.1 Å². The van der Waals surface area contributed by atoms with Crippen molar-refractivity contribution in [2.45, 2.75) is 57.5 Å². The van der Waals surface area contributed by atoms with Crippen LogP contribution in [0.3, 0.4) is 0 Å². The molecule has 5 aromatic rings. The van der Waals surface area contributed by atoms with Crippen molar-refractivity contribution >= 4 is 23.6 Å². The number of nitrogens with zero attached hydrogens (tertiary/aromatic N) is 4. The van der Waals surface area contributed by atoms with Crippen LogP contribution >= 0.6 is 0 Å². The summed E-state index contributed by atoms with van der Waals surface area (Å²) in [6.07, 6.45) is 1.18. The van der Waals surface area contributed by atoms with Crippen LogP contribution in [0.15, 0.2) is 97.1 Å². The zero-order chi connectivity index (χ0) is 34.2. The maximum Gasteiger partial charge on any atom is 0.573 e. The van der Waals surface area contributed by atoms with E-state index in [-0.39, 0.29) is 30.8 Å². The van der Waals surface area contributed by atoms with E-state index < -0.39 is 12.3 Å². The van der Waals surface area contributed by atoms with Crippen LogP contribution in [-0.4, -0.2) is 38.9 Å². The second-order valence-corrected chi connectivity index (χ2v) is 11.8. The first-order chi connectivity index (χ1) is 23.7. The average molecular weight is 670 g/mol. The quantitative estimate of drug-likeness (QED) is 0.139. The second-order valence-electron chi connectivity index (χ2n) is 11.8. The highest BCUT2D eigenvalue weighted by molar-refractivity contribution is 6.03. The predicted octanol–water partition coefficient (Wildman–Crippen LogP) is 7.98. The smallest absolute Gasteiger partial charge is 0.406 e. The number of rotatable bonds is 10. The van der Waals surface area contributed by atoms with Crippen molar-refractivity contribution in [1.29, 1.82) is 0 Å². The molecule has 0 spiro atoms. The molecule has 0 bridgehead atoms. The number of aromatic amines is 1. The number of carbonyl (C=O) groups excluding carboxylic acids is 2. The first kappa shape index (κ1) is 33.2. The van der Waals surface area contributed by atoms with Crippen molar-refractivity contribution in [3.63, 3.8) is 0 Å². The third-order valence-electron chi connectivity index (χ3n) is 8.48. The molecule has 6 rings (SSSR count). The number of tetrazole rings is 1. The third-order valence-corrected chi connectivity index (χ3v) is 8.48. The van der Waals surface area contributed by atoms with Crippen LogP contribution in [0.2, 0.25) is 0 Å². The minimum Gasteiger partial charge on any atom is -0.406 e. The van der Waals surface area contributed by atoms with E-state index in [1.807, 2.05) is 18.2 Å². The Kier molecular flexibility index (Phi) is 10.2. The number of carbonyl (C=O) groups is 2. The lowest BCUT2D eigenvalue weighted by Crippen LogP contribution is -2.39. The van der Waals surface area contributed by atoms with Gasteiger partial charge in [-0.25, -0.2) is 4.79 Å². The molecule has 1 aliphatic carbocycles. The lowest BCUT2D eigenvalue weighted by atomic mass is 9.84. The lowest BCUT2D eigenvalue weighted by Gasteiger charge is -2.26. The number of benzene rings is 4. The lowest BCUT2D eigenvalue weighted by molar-refractivity contribution is -0.274. The SMILES string of the molecule is O=C(Nc1nn[nH]n1)c1ccc(CN(C(=O)NCc2ccccc2-c2cccc(OC(F)(F)F)c2)c2ccc(C3CCCCC3)cc2)cc1. The Morgan fingerprint density at radius 3 is 2.37 bits per heavy atom. The molecule has 4 aromatic carbocycles. The number of hydrogen-bond donors (Lipinski definition) is 3. The van der Waals surface area contributed by atoms with Crippen molar-refractivity contribution < 1.29 is 27.5 Å². The molecule has 0 aliphatic heterocycles. The molecule has 1 aliphatic rings. The van der Waals surface area contributed by atoms with E-state index >= 15 is 0 Å². The summed E-state index contributed by atoms with van der Waals surface area (Å²) in [4.78, 5) is 28.1. The summed E-state index contributed by atoms with van der Waals surface area (Å²) in [6.45, 7) is 0.324. The predicted molar refractivity (Wildman–Crippen MR) is 178 cm³/mol. The van der Waals surface area contributed by atoms with Gasteiger partial charge < -0.3 is 10.1 Å². The Morgan fingerprint density at radius 2 is 1.65 bits per heavy atom. The van der Waals surface area contributed by atoms with Gasteiger partial charge in [0.25, 0.3) is 11.9 Å². The Bertz CT molecular complexity index is 1860. The van der Waals surface area contributed by atoms with Crippen LogP contribution in [-0.2, 0) is 13.1 Å². The molecule has 13 heteroatoms. The molecule has 0 saturated heterocycles. The molecule has 10 nitrogen and oxygen atoms in total. The van der Waals surface area contributed by atoms with E-state index in [1.165, 1.54) is 43.0 Å². The third kappa shape index (κ3) is 8.80. The summed E-state index contributed by atoms with van der Waals surface area (Å²) in [5, 5.41) is 18.7. The number of halogens is 3. The van der Waals surface area contributed by atoms with Gasteiger partial charge in [0.1, 0.15) is 5.75 Å².